The first-order valence-electron chi connectivity index (χ1n) is 18.9. The van der Waals surface area contributed by atoms with Gasteiger partial charge in [-0.15, -0.1) is 9.18 Å². The average Bonchev–Trinajstić information content (AvgIpc) is 3.20. The second kappa shape index (κ2) is 21.2. The van der Waals surface area contributed by atoms with E-state index >= 15 is 0 Å². The molecule has 0 saturated carbocycles. The number of carbonyl (C=O) groups is 7. The lowest BCUT2D eigenvalue weighted by Crippen LogP contribution is -2.54. The van der Waals surface area contributed by atoms with E-state index in [1.54, 1.807) is 43.0 Å². The van der Waals surface area contributed by atoms with E-state index in [1.165, 1.54) is 7.05 Å². The van der Waals surface area contributed by atoms with Gasteiger partial charge in [0.1, 0.15) is 18.7 Å². The number of urea groups is 1. The fourth-order valence-corrected chi connectivity index (χ4v) is 6.00. The van der Waals surface area contributed by atoms with Crippen LogP contribution in [0, 0.1) is 17.8 Å². The van der Waals surface area contributed by atoms with Crippen LogP contribution in [-0.4, -0.2) is 79.7 Å². The van der Waals surface area contributed by atoms with Gasteiger partial charge in [-0.2, -0.15) is 0 Å². The molecular formula is C41H48N7O8P. The summed E-state index contributed by atoms with van der Waals surface area (Å²) in [5.74, 6) is 3.42. The van der Waals surface area contributed by atoms with Gasteiger partial charge < -0.3 is 36.6 Å². The maximum absolute atomic E-state index is 13.7. The zero-order valence-corrected chi connectivity index (χ0v) is 33.1. The number of nitrogens with zero attached hydrogens (tertiary/aromatic N) is 2. The van der Waals surface area contributed by atoms with Gasteiger partial charge in [-0.05, 0) is 60.2 Å². The molecule has 1 aliphatic rings. The molecule has 8 amide bonds. The van der Waals surface area contributed by atoms with Crippen LogP contribution in [0.3, 0.4) is 0 Å². The number of fused-ring (bicyclic) bond motifs is 2. The number of hydrogen-bond donors (Lipinski definition) is 5. The Morgan fingerprint density at radius 2 is 1.60 bits per heavy atom. The standard InChI is InChI=1S/C41H48N7O8P/c1-26(2)37(46-34(49)20-21-35(50)48-23-30-11-5-4-9-28(30)16-17-29-10-6-7-13-33(29)48)39(53)45-32(12-8-22-43-40(42)54)38(52)44-31-18-14-27(15-19-31)24-56-41(55)47(3)36(51)25-57/h4-7,9-11,13-15,18-19,26,32,37H,8,12,20-25,57H2,1-3H3,(H,44,52)(H,45,53)(H,46,49)(H3,42,43,54)/t32-,37-/m0/s1/i57D/t32-,37-,57?. The molecule has 6 N–H and O–H groups in total. The summed E-state index contributed by atoms with van der Waals surface area (Å²) in [6.07, 6.45) is -0.879. The number of ether oxygens (including phenoxy) is 1. The summed E-state index contributed by atoms with van der Waals surface area (Å²) < 4.78 is 12.3. The van der Waals surface area contributed by atoms with Gasteiger partial charge in [0.15, 0.2) is 0 Å². The first-order valence-corrected chi connectivity index (χ1v) is 19.1. The van der Waals surface area contributed by atoms with Gasteiger partial charge in [0, 0.05) is 49.4 Å². The maximum Gasteiger partial charge on any atom is 0.416 e. The molecule has 300 valence electrons. The third kappa shape index (κ3) is 12.9. The van der Waals surface area contributed by atoms with Crippen molar-refractivity contribution in [1.82, 2.24) is 20.9 Å². The van der Waals surface area contributed by atoms with Crippen LogP contribution in [0.1, 0.15) is 61.8 Å². The largest absolute Gasteiger partial charge is 0.444 e. The molecule has 0 aliphatic carbocycles. The highest BCUT2D eigenvalue weighted by molar-refractivity contribution is 7.18. The molecule has 1 aliphatic heterocycles. The lowest BCUT2D eigenvalue weighted by molar-refractivity contribution is -0.132. The molecule has 3 aromatic rings. The smallest absolute Gasteiger partial charge is 0.416 e. The van der Waals surface area contributed by atoms with Crippen molar-refractivity contribution in [3.05, 3.63) is 95.1 Å². The summed E-state index contributed by atoms with van der Waals surface area (Å²) in [6.45, 7) is 3.75. The number of para-hydroxylation sites is 1. The monoisotopic (exact) mass is 798 g/mol. The second-order valence-electron chi connectivity index (χ2n) is 13.6. The van der Waals surface area contributed by atoms with Crippen LogP contribution in [0.25, 0.3) is 0 Å². The summed E-state index contributed by atoms with van der Waals surface area (Å²) in [7, 11) is 0.891. The van der Waals surface area contributed by atoms with Crippen molar-refractivity contribution < 1.29 is 38.3 Å². The van der Waals surface area contributed by atoms with E-state index in [0.717, 1.165) is 16.0 Å². The Morgan fingerprint density at radius 3 is 2.30 bits per heavy atom. The lowest BCUT2D eigenvalue weighted by atomic mass is 10.0. The van der Waals surface area contributed by atoms with Crippen LogP contribution in [0.4, 0.5) is 21.0 Å². The number of primary amides is 1. The van der Waals surface area contributed by atoms with Crippen LogP contribution < -0.4 is 31.9 Å². The minimum Gasteiger partial charge on any atom is -0.444 e. The summed E-state index contributed by atoms with van der Waals surface area (Å²) in [5, 5.41) is 10.7. The molecule has 16 heteroatoms. The van der Waals surface area contributed by atoms with Crippen molar-refractivity contribution in [1.29, 1.82) is 1.28 Å². The van der Waals surface area contributed by atoms with Crippen LogP contribution in [0.5, 0.6) is 0 Å². The fraction of sp³-hybridized carbons (Fsp3) is 0.341. The molecule has 15 nitrogen and oxygen atoms in total. The Morgan fingerprint density at radius 1 is 0.912 bits per heavy atom. The summed E-state index contributed by atoms with van der Waals surface area (Å²) in [5.41, 5.74) is 9.13. The van der Waals surface area contributed by atoms with E-state index in [4.69, 9.17) is 11.7 Å². The van der Waals surface area contributed by atoms with Gasteiger partial charge in [0.2, 0.25) is 29.5 Å². The Kier molecular flexibility index (Phi) is 15.5. The third-order valence-corrected chi connectivity index (χ3v) is 9.29. The van der Waals surface area contributed by atoms with E-state index in [9.17, 15) is 33.6 Å². The first-order chi connectivity index (χ1) is 27.8. The first kappa shape index (κ1) is 41.9. The molecule has 0 saturated heterocycles. The van der Waals surface area contributed by atoms with E-state index in [1.807, 2.05) is 48.5 Å². The molecule has 4 rings (SSSR count). The molecule has 57 heavy (non-hydrogen) atoms. The Bertz CT molecular complexity index is 2050. The maximum atomic E-state index is 13.7. The number of hydrogen-bond acceptors (Lipinski definition) is 8. The van der Waals surface area contributed by atoms with Gasteiger partial charge >= 0.3 is 12.1 Å². The van der Waals surface area contributed by atoms with Crippen molar-refractivity contribution in [2.75, 3.05) is 30.0 Å². The SMILES string of the molecule is [2H]PCC(=O)N(C)C(=O)OCc1ccc(NC(=O)[C@H](CCCNC(N)=O)NC(=O)[C@@H](NC(=O)CCC(=O)N2Cc3ccccc3C#Cc3ccccc32)C(C)C)cc1. The number of nitrogens with one attached hydrogen (secondary N) is 4. The highest BCUT2D eigenvalue weighted by Crippen LogP contribution is 2.26. The summed E-state index contributed by atoms with van der Waals surface area (Å²) in [6, 6.07) is 18.4. The second-order valence-corrected chi connectivity index (χ2v) is 13.9. The molecule has 0 radical (unpaired) electrons. The highest BCUT2D eigenvalue weighted by atomic mass is 31.0. The van der Waals surface area contributed by atoms with Gasteiger partial charge in [-0.3, -0.25) is 28.9 Å². The van der Waals surface area contributed by atoms with Gasteiger partial charge in [0.25, 0.3) is 0 Å². The molecule has 0 bridgehead atoms. The van der Waals surface area contributed by atoms with Crippen LogP contribution in [0.15, 0.2) is 72.8 Å². The van der Waals surface area contributed by atoms with Crippen LogP contribution >= 0.6 is 9.18 Å². The average molecular weight is 799 g/mol. The molecule has 1 heterocycles. The lowest BCUT2D eigenvalue weighted by Gasteiger charge is -2.27. The number of amides is 8. The number of carbonyl (C=O) groups excluding carboxylic acids is 7. The molecule has 0 fully saturated rings. The Labute approximate surface area is 335 Å². The zero-order chi connectivity index (χ0) is 42.2. The molecule has 3 atom stereocenters. The topological polar surface area (TPSA) is 209 Å². The van der Waals surface area contributed by atoms with Gasteiger partial charge in [0.05, 0.1) is 13.5 Å². The van der Waals surface area contributed by atoms with E-state index in [-0.39, 0.29) is 66.6 Å². The van der Waals surface area contributed by atoms with E-state index in [2.05, 4.69) is 33.1 Å². The molecule has 3 aromatic carbocycles. The minimum atomic E-state index is -1.09. The quantitative estimate of drug-likeness (QED) is 0.0775. The number of imide groups is 1. The van der Waals surface area contributed by atoms with Gasteiger partial charge in [-0.25, -0.2) is 9.59 Å². The Hall–Kier alpha value is -6.26. The third-order valence-electron chi connectivity index (χ3n) is 8.99. The Balaban J connectivity index is 1.37. The van der Waals surface area contributed by atoms with Crippen molar-refractivity contribution in [3.63, 3.8) is 0 Å². The fourth-order valence-electron chi connectivity index (χ4n) is 5.77. The van der Waals surface area contributed by atoms with Crippen molar-refractivity contribution in [2.24, 2.45) is 11.7 Å². The van der Waals surface area contributed by atoms with Crippen LogP contribution in [0.2, 0.25) is 0 Å². The van der Waals surface area contributed by atoms with Crippen molar-refractivity contribution in [2.45, 2.75) is 64.8 Å². The number of benzene rings is 3. The van der Waals surface area contributed by atoms with E-state index < -0.39 is 53.8 Å². The summed E-state index contributed by atoms with van der Waals surface area (Å²) in [4.78, 5) is 91.9. The summed E-state index contributed by atoms with van der Waals surface area (Å²) >= 11 is 0. The normalized spacial score (nSPS) is 12.9. The number of anilines is 2. The molecule has 0 spiro atoms. The molecular weight excluding hydrogens is 749 g/mol. The minimum absolute atomic E-state index is 0.0828. The van der Waals surface area contributed by atoms with Crippen molar-refractivity contribution in [3.8, 4) is 11.8 Å². The van der Waals surface area contributed by atoms with Gasteiger partial charge in [-0.1, -0.05) is 68.2 Å². The van der Waals surface area contributed by atoms with E-state index in [0.29, 0.717) is 22.5 Å². The number of rotatable bonds is 17. The van der Waals surface area contributed by atoms with Crippen molar-refractivity contribution >= 4 is 62.2 Å². The predicted molar refractivity (Wildman–Crippen MR) is 217 cm³/mol. The number of nitrogens with two attached hydrogens (primary N) is 1. The zero-order valence-electron chi connectivity index (χ0n) is 33.1. The highest BCUT2D eigenvalue weighted by Gasteiger charge is 2.30. The molecule has 0 aromatic heterocycles. The van der Waals surface area contributed by atoms with Crippen LogP contribution in [-0.2, 0) is 41.9 Å². The molecule has 1 unspecified atom stereocenters. The predicted octanol–water partition coefficient (Wildman–Crippen LogP) is 3.40.